The molecule has 150 valence electrons. The van der Waals surface area contributed by atoms with Crippen molar-refractivity contribution in [2.24, 2.45) is 0 Å². The summed E-state index contributed by atoms with van der Waals surface area (Å²) in [7, 11) is 0. The molecule has 0 bridgehead atoms. The van der Waals surface area contributed by atoms with Crippen LogP contribution in [-0.2, 0) is 13.0 Å². The number of hydrogen-bond acceptors (Lipinski definition) is 4. The van der Waals surface area contributed by atoms with Gasteiger partial charge in [0.1, 0.15) is 5.75 Å². The smallest absolute Gasteiger partial charge is 0.170 e. The molecule has 5 heteroatoms. The monoisotopic (exact) mass is 390 g/mol. The first-order valence-corrected chi connectivity index (χ1v) is 10.7. The molecule has 29 heavy (non-hydrogen) atoms. The van der Waals surface area contributed by atoms with Crippen LogP contribution in [-0.4, -0.2) is 47.3 Å². The van der Waals surface area contributed by atoms with Crippen LogP contribution in [0.5, 0.6) is 5.75 Å². The van der Waals surface area contributed by atoms with E-state index >= 15 is 0 Å². The fourth-order valence-corrected chi connectivity index (χ4v) is 4.97. The van der Waals surface area contributed by atoms with Gasteiger partial charge in [0, 0.05) is 42.4 Å². The first kappa shape index (κ1) is 18.4. The molecule has 5 nitrogen and oxygen atoms in total. The number of carbonyl (C=O) groups excluding carboxylic acids is 2. The van der Waals surface area contributed by atoms with Crippen molar-refractivity contribution >= 4 is 33.4 Å². The Hall–Kier alpha value is -2.66. The van der Waals surface area contributed by atoms with E-state index in [4.69, 9.17) is 4.74 Å². The van der Waals surface area contributed by atoms with Gasteiger partial charge in [0.2, 0.25) is 0 Å². The Kier molecular flexibility index (Phi) is 4.43. The van der Waals surface area contributed by atoms with E-state index in [1.54, 1.807) is 0 Å². The number of benzene rings is 2. The third kappa shape index (κ3) is 2.71. The zero-order chi connectivity index (χ0) is 20.1. The van der Waals surface area contributed by atoms with Crippen molar-refractivity contribution in [2.45, 2.75) is 39.7 Å². The van der Waals surface area contributed by atoms with E-state index in [0.717, 1.165) is 65.5 Å². The number of Topliss-reactive ketones (excluding diaryl/α,β-unsaturated/α-hetero) is 2. The van der Waals surface area contributed by atoms with Crippen LogP contribution < -0.4 is 4.74 Å². The molecule has 0 spiro atoms. The largest absolute Gasteiger partial charge is 0.492 e. The average molecular weight is 390 g/mol. The van der Waals surface area contributed by atoms with Gasteiger partial charge in [0.05, 0.1) is 23.1 Å². The van der Waals surface area contributed by atoms with Gasteiger partial charge in [0.15, 0.2) is 11.6 Å². The summed E-state index contributed by atoms with van der Waals surface area (Å²) in [5, 5.41) is 2.12. The summed E-state index contributed by atoms with van der Waals surface area (Å²) in [6.07, 6.45) is 1.75. The molecule has 1 aliphatic carbocycles. The molecule has 3 aromatic rings. The predicted octanol–water partition coefficient (Wildman–Crippen LogP) is 4.23. The van der Waals surface area contributed by atoms with Crippen LogP contribution in [0, 0.1) is 0 Å². The first-order valence-electron chi connectivity index (χ1n) is 10.7. The normalized spacial score (nSPS) is 16.0. The highest BCUT2D eigenvalue weighted by atomic mass is 16.5. The lowest BCUT2D eigenvalue weighted by molar-refractivity contribution is 0.0933. The minimum Gasteiger partial charge on any atom is -0.492 e. The van der Waals surface area contributed by atoms with Gasteiger partial charge < -0.3 is 14.2 Å². The molecule has 1 aromatic heterocycles. The van der Waals surface area contributed by atoms with E-state index in [-0.39, 0.29) is 11.6 Å². The third-order valence-corrected chi connectivity index (χ3v) is 6.57. The van der Waals surface area contributed by atoms with Gasteiger partial charge >= 0.3 is 0 Å². The van der Waals surface area contributed by atoms with E-state index in [0.29, 0.717) is 30.8 Å². The molecular formula is C24H26N2O3. The number of rotatable bonds is 5. The summed E-state index contributed by atoms with van der Waals surface area (Å²) in [5.41, 5.74) is 4.85. The molecule has 0 saturated carbocycles. The maximum absolute atomic E-state index is 12.5. The zero-order valence-electron chi connectivity index (χ0n) is 17.1. The van der Waals surface area contributed by atoms with Crippen LogP contribution in [0.2, 0.25) is 0 Å². The van der Waals surface area contributed by atoms with Gasteiger partial charge in [-0.1, -0.05) is 13.8 Å². The summed E-state index contributed by atoms with van der Waals surface area (Å²) in [4.78, 5) is 27.3. The zero-order valence-corrected chi connectivity index (χ0v) is 17.1. The van der Waals surface area contributed by atoms with Crippen molar-refractivity contribution in [3.8, 4) is 5.75 Å². The number of nitrogens with zero attached hydrogens (tertiary/aromatic N) is 2. The Bertz CT molecular complexity index is 1150. The van der Waals surface area contributed by atoms with E-state index < -0.39 is 0 Å². The number of ether oxygens (including phenoxy) is 1. The second-order valence-electron chi connectivity index (χ2n) is 7.95. The Labute approximate surface area is 170 Å². The second kappa shape index (κ2) is 6.99. The molecular weight excluding hydrogens is 364 g/mol. The van der Waals surface area contributed by atoms with Crippen molar-refractivity contribution < 1.29 is 14.3 Å². The van der Waals surface area contributed by atoms with Crippen LogP contribution in [0.3, 0.4) is 0 Å². The van der Waals surface area contributed by atoms with Gasteiger partial charge in [-0.25, -0.2) is 0 Å². The van der Waals surface area contributed by atoms with Gasteiger partial charge in [-0.2, -0.15) is 0 Å². The fraction of sp³-hybridized carbons (Fsp3) is 0.417. The predicted molar refractivity (Wildman–Crippen MR) is 114 cm³/mol. The minimum absolute atomic E-state index is 0.140. The van der Waals surface area contributed by atoms with Crippen LogP contribution >= 0.6 is 0 Å². The third-order valence-electron chi connectivity index (χ3n) is 6.57. The highest BCUT2D eigenvalue weighted by Gasteiger charge is 2.29. The summed E-state index contributed by atoms with van der Waals surface area (Å²) >= 11 is 0. The van der Waals surface area contributed by atoms with Crippen molar-refractivity contribution in [1.29, 1.82) is 0 Å². The lowest BCUT2D eigenvalue weighted by atomic mass is 9.97. The molecule has 0 saturated heterocycles. The SMILES string of the molecule is CCN(CC)CCn1c2ccc3c(c2c2c4c(ccc21)C(=O)CCO4)CCC3=O. The second-order valence-corrected chi connectivity index (χ2v) is 7.95. The van der Waals surface area contributed by atoms with Crippen molar-refractivity contribution in [3.05, 3.63) is 41.0 Å². The molecule has 0 unspecified atom stereocenters. The highest BCUT2D eigenvalue weighted by molar-refractivity contribution is 6.19. The average Bonchev–Trinajstić information content (AvgIpc) is 3.27. The molecule has 2 aromatic carbocycles. The molecule has 0 atom stereocenters. The number of ketones is 2. The molecule has 2 heterocycles. The molecule has 1 aliphatic heterocycles. The van der Waals surface area contributed by atoms with Crippen molar-refractivity contribution in [3.63, 3.8) is 0 Å². The van der Waals surface area contributed by atoms with E-state index in [1.165, 1.54) is 0 Å². The maximum atomic E-state index is 12.5. The van der Waals surface area contributed by atoms with Crippen molar-refractivity contribution in [2.75, 3.05) is 26.2 Å². The quantitative estimate of drug-likeness (QED) is 0.654. The summed E-state index contributed by atoms with van der Waals surface area (Å²) in [5.74, 6) is 1.06. The standard InChI is InChI=1S/C24H26N2O3/c1-3-25(4-2)12-13-26-18-8-5-15-16(7-10-20(15)27)22(18)23-19(26)9-6-17-21(28)11-14-29-24(17)23/h5-6,8-9H,3-4,7,10-14H2,1-2H3. The Morgan fingerprint density at radius 1 is 0.897 bits per heavy atom. The first-order chi connectivity index (χ1) is 14.1. The molecule has 0 fully saturated rings. The number of aryl methyl sites for hydroxylation is 1. The Morgan fingerprint density at radius 3 is 2.34 bits per heavy atom. The number of hydrogen-bond donors (Lipinski definition) is 0. The van der Waals surface area contributed by atoms with Crippen molar-refractivity contribution in [1.82, 2.24) is 9.47 Å². The number of fused-ring (bicyclic) bond motifs is 7. The highest BCUT2D eigenvalue weighted by Crippen LogP contribution is 2.43. The van der Waals surface area contributed by atoms with Crippen LogP contribution in [0.4, 0.5) is 0 Å². The van der Waals surface area contributed by atoms with E-state index in [1.807, 2.05) is 12.1 Å². The van der Waals surface area contributed by atoms with Gasteiger partial charge in [-0.15, -0.1) is 0 Å². The molecule has 0 radical (unpaired) electrons. The van der Waals surface area contributed by atoms with E-state index in [2.05, 4.69) is 35.4 Å². The molecule has 2 aliphatic rings. The number of likely N-dealkylation sites (N-methyl/N-ethyl adjacent to an activating group) is 1. The number of aromatic nitrogens is 1. The molecule has 5 rings (SSSR count). The summed E-state index contributed by atoms with van der Waals surface area (Å²) < 4.78 is 8.40. The van der Waals surface area contributed by atoms with E-state index in [9.17, 15) is 9.59 Å². The summed E-state index contributed by atoms with van der Waals surface area (Å²) in [6, 6.07) is 8.04. The van der Waals surface area contributed by atoms with Gasteiger partial charge in [0.25, 0.3) is 0 Å². The Morgan fingerprint density at radius 2 is 1.59 bits per heavy atom. The summed E-state index contributed by atoms with van der Waals surface area (Å²) in [6.45, 7) is 8.65. The minimum atomic E-state index is 0.140. The fourth-order valence-electron chi connectivity index (χ4n) is 4.97. The molecule has 0 N–H and O–H groups in total. The Balaban J connectivity index is 1.80. The van der Waals surface area contributed by atoms with Gasteiger partial charge in [-0.05, 0) is 49.3 Å². The van der Waals surface area contributed by atoms with Crippen LogP contribution in [0.25, 0.3) is 21.8 Å². The molecule has 0 amide bonds. The topological polar surface area (TPSA) is 51.5 Å². The van der Waals surface area contributed by atoms with Crippen LogP contribution in [0.15, 0.2) is 24.3 Å². The van der Waals surface area contributed by atoms with Gasteiger partial charge in [-0.3, -0.25) is 9.59 Å². The lowest BCUT2D eigenvalue weighted by Crippen LogP contribution is -2.27. The number of carbonyl (C=O) groups is 2. The lowest BCUT2D eigenvalue weighted by Gasteiger charge is -2.20. The van der Waals surface area contributed by atoms with Crippen LogP contribution in [0.1, 0.15) is 53.0 Å². The maximum Gasteiger partial charge on any atom is 0.170 e.